The number of hydrogen-bond acceptors (Lipinski definition) is 5. The number of carbonyl (C=O) groups excluding carboxylic acids is 3. The Morgan fingerprint density at radius 3 is 2.80 bits per heavy atom. The molecule has 0 radical (unpaired) electrons. The minimum atomic E-state index is -0.561. The zero-order chi connectivity index (χ0) is 21.3. The summed E-state index contributed by atoms with van der Waals surface area (Å²) in [6, 6.07) is 6.07. The van der Waals surface area contributed by atoms with Crippen LogP contribution in [-0.4, -0.2) is 52.7 Å². The van der Waals surface area contributed by atoms with Crippen molar-refractivity contribution in [1.82, 2.24) is 15.1 Å². The van der Waals surface area contributed by atoms with Crippen molar-refractivity contribution in [2.75, 3.05) is 13.1 Å². The standard InChI is InChI=1S/C23H32N4O3/c1-15-4-3-11-26(19(15)5-2-10-24)13-16-6-7-18-17(12-16)14-27(23(18)30)20-8-9-21(28)25-22(20)29/h6-7,12,15,19-20H,2-5,8-11,13-14,24H2,1H3,(H,25,28,29). The molecule has 30 heavy (non-hydrogen) atoms. The van der Waals surface area contributed by atoms with E-state index in [2.05, 4.69) is 23.2 Å². The lowest BCUT2D eigenvalue weighted by atomic mass is 9.87. The van der Waals surface area contributed by atoms with Crippen LogP contribution in [-0.2, 0) is 22.7 Å². The highest BCUT2D eigenvalue weighted by Crippen LogP contribution is 2.31. The molecule has 1 aromatic carbocycles. The molecule has 3 heterocycles. The smallest absolute Gasteiger partial charge is 0.255 e. The monoisotopic (exact) mass is 412 g/mol. The molecule has 3 atom stereocenters. The van der Waals surface area contributed by atoms with Gasteiger partial charge in [-0.1, -0.05) is 19.1 Å². The summed E-state index contributed by atoms with van der Waals surface area (Å²) in [7, 11) is 0. The van der Waals surface area contributed by atoms with Crippen molar-refractivity contribution in [3.8, 4) is 0 Å². The van der Waals surface area contributed by atoms with Gasteiger partial charge < -0.3 is 10.6 Å². The summed E-state index contributed by atoms with van der Waals surface area (Å²) in [5.41, 5.74) is 8.61. The van der Waals surface area contributed by atoms with Crippen LogP contribution >= 0.6 is 0 Å². The van der Waals surface area contributed by atoms with E-state index in [1.807, 2.05) is 12.1 Å². The van der Waals surface area contributed by atoms with Crippen LogP contribution < -0.4 is 11.1 Å². The van der Waals surface area contributed by atoms with Gasteiger partial charge in [0, 0.05) is 31.1 Å². The molecule has 7 nitrogen and oxygen atoms in total. The first-order chi connectivity index (χ1) is 14.5. The van der Waals surface area contributed by atoms with Crippen molar-refractivity contribution in [3.63, 3.8) is 0 Å². The number of nitrogens with two attached hydrogens (primary N) is 1. The van der Waals surface area contributed by atoms with Crippen LogP contribution in [0, 0.1) is 5.92 Å². The van der Waals surface area contributed by atoms with Gasteiger partial charge in [-0.25, -0.2) is 0 Å². The lowest BCUT2D eigenvalue weighted by Gasteiger charge is -2.40. The number of fused-ring (bicyclic) bond motifs is 1. The maximum atomic E-state index is 12.9. The topological polar surface area (TPSA) is 95.7 Å². The van der Waals surface area contributed by atoms with Gasteiger partial charge in [0.2, 0.25) is 11.8 Å². The molecule has 2 saturated heterocycles. The summed E-state index contributed by atoms with van der Waals surface area (Å²) < 4.78 is 0. The largest absolute Gasteiger partial charge is 0.330 e. The number of piperidine rings is 2. The SMILES string of the molecule is CC1CCCN(Cc2ccc3c(c2)CN(C2CCC(=O)NC2=O)C3=O)C1CCCN. The van der Waals surface area contributed by atoms with E-state index in [0.717, 1.165) is 38.0 Å². The summed E-state index contributed by atoms with van der Waals surface area (Å²) in [4.78, 5) is 40.7. The van der Waals surface area contributed by atoms with Crippen LogP contribution in [0.2, 0.25) is 0 Å². The Balaban J connectivity index is 1.47. The maximum Gasteiger partial charge on any atom is 0.255 e. The van der Waals surface area contributed by atoms with Crippen molar-refractivity contribution in [1.29, 1.82) is 0 Å². The molecule has 0 spiro atoms. The Morgan fingerprint density at radius 1 is 1.20 bits per heavy atom. The quantitative estimate of drug-likeness (QED) is 0.695. The Hall–Kier alpha value is -2.25. The molecule has 7 heteroatoms. The predicted octanol–water partition coefficient (Wildman–Crippen LogP) is 1.79. The van der Waals surface area contributed by atoms with Crippen molar-refractivity contribution < 1.29 is 14.4 Å². The average molecular weight is 413 g/mol. The predicted molar refractivity (Wildman–Crippen MR) is 113 cm³/mol. The van der Waals surface area contributed by atoms with Gasteiger partial charge in [-0.15, -0.1) is 0 Å². The lowest BCUT2D eigenvalue weighted by molar-refractivity contribution is -0.136. The molecule has 0 bridgehead atoms. The second-order valence-electron chi connectivity index (χ2n) is 8.98. The Labute approximate surface area is 178 Å². The molecule has 1 aromatic rings. The molecular weight excluding hydrogens is 380 g/mol. The van der Waals surface area contributed by atoms with E-state index in [1.54, 1.807) is 4.90 Å². The summed E-state index contributed by atoms with van der Waals surface area (Å²) in [6.45, 7) is 5.47. The zero-order valence-electron chi connectivity index (χ0n) is 17.7. The van der Waals surface area contributed by atoms with Gasteiger partial charge in [0.25, 0.3) is 5.91 Å². The van der Waals surface area contributed by atoms with Crippen LogP contribution in [0.25, 0.3) is 0 Å². The van der Waals surface area contributed by atoms with Gasteiger partial charge in [0.15, 0.2) is 0 Å². The first-order valence-corrected chi connectivity index (χ1v) is 11.2. The van der Waals surface area contributed by atoms with E-state index in [1.165, 1.54) is 18.4 Å². The third-order valence-electron chi connectivity index (χ3n) is 6.91. The summed E-state index contributed by atoms with van der Waals surface area (Å²) in [6.07, 6.45) is 5.33. The second-order valence-corrected chi connectivity index (χ2v) is 8.98. The number of rotatable bonds is 6. The van der Waals surface area contributed by atoms with E-state index in [9.17, 15) is 14.4 Å². The number of nitrogens with one attached hydrogen (secondary N) is 1. The molecule has 3 aliphatic heterocycles. The van der Waals surface area contributed by atoms with Crippen molar-refractivity contribution >= 4 is 17.7 Å². The second kappa shape index (κ2) is 8.86. The van der Waals surface area contributed by atoms with Crippen LogP contribution in [0.4, 0.5) is 0 Å². The summed E-state index contributed by atoms with van der Waals surface area (Å²) in [5, 5.41) is 2.36. The minimum absolute atomic E-state index is 0.113. The number of hydrogen-bond donors (Lipinski definition) is 2. The van der Waals surface area contributed by atoms with Crippen LogP contribution in [0.3, 0.4) is 0 Å². The lowest BCUT2D eigenvalue weighted by Crippen LogP contribution is -2.52. The van der Waals surface area contributed by atoms with Gasteiger partial charge >= 0.3 is 0 Å². The molecule has 4 rings (SSSR count). The van der Waals surface area contributed by atoms with Gasteiger partial charge in [0.1, 0.15) is 6.04 Å². The molecule has 3 amide bonds. The number of carbonyl (C=O) groups is 3. The highest BCUT2D eigenvalue weighted by molar-refractivity contribution is 6.05. The first-order valence-electron chi connectivity index (χ1n) is 11.2. The minimum Gasteiger partial charge on any atom is -0.330 e. The molecule has 2 fully saturated rings. The fourth-order valence-electron chi connectivity index (χ4n) is 5.29. The highest BCUT2D eigenvalue weighted by Gasteiger charge is 2.39. The number of benzene rings is 1. The Bertz CT molecular complexity index is 840. The summed E-state index contributed by atoms with van der Waals surface area (Å²) in [5.74, 6) is -0.0666. The zero-order valence-corrected chi connectivity index (χ0v) is 17.7. The molecule has 3 unspecified atom stereocenters. The van der Waals surface area contributed by atoms with Crippen molar-refractivity contribution in [2.45, 2.75) is 70.6 Å². The normalized spacial score (nSPS) is 27.3. The third kappa shape index (κ3) is 4.14. The van der Waals surface area contributed by atoms with E-state index in [4.69, 9.17) is 5.73 Å². The fourth-order valence-corrected chi connectivity index (χ4v) is 5.29. The van der Waals surface area contributed by atoms with E-state index < -0.39 is 6.04 Å². The van der Waals surface area contributed by atoms with Crippen LogP contribution in [0.1, 0.15) is 66.9 Å². The number of imide groups is 1. The molecule has 162 valence electrons. The summed E-state index contributed by atoms with van der Waals surface area (Å²) >= 11 is 0. The van der Waals surface area contributed by atoms with Gasteiger partial charge in [0.05, 0.1) is 0 Å². The maximum absolute atomic E-state index is 12.9. The molecule has 0 saturated carbocycles. The third-order valence-corrected chi connectivity index (χ3v) is 6.91. The van der Waals surface area contributed by atoms with E-state index >= 15 is 0 Å². The van der Waals surface area contributed by atoms with Gasteiger partial charge in [-0.2, -0.15) is 0 Å². The molecular formula is C23H32N4O3. The first kappa shape index (κ1) is 21.0. The van der Waals surface area contributed by atoms with Gasteiger partial charge in [-0.3, -0.25) is 24.6 Å². The molecule has 0 aliphatic carbocycles. The fraction of sp³-hybridized carbons (Fsp3) is 0.609. The van der Waals surface area contributed by atoms with Gasteiger partial charge in [-0.05, 0) is 68.3 Å². The molecule has 3 N–H and O–H groups in total. The number of nitrogens with zero attached hydrogens (tertiary/aromatic N) is 2. The van der Waals surface area contributed by atoms with E-state index in [0.29, 0.717) is 30.5 Å². The molecule has 0 aromatic heterocycles. The molecule has 3 aliphatic rings. The number of amides is 3. The number of likely N-dealkylation sites (tertiary alicyclic amines) is 1. The van der Waals surface area contributed by atoms with Crippen molar-refractivity contribution in [3.05, 3.63) is 34.9 Å². The van der Waals surface area contributed by atoms with E-state index in [-0.39, 0.29) is 24.1 Å². The Kier molecular flexibility index (Phi) is 6.20. The Morgan fingerprint density at radius 2 is 2.03 bits per heavy atom. The van der Waals surface area contributed by atoms with Crippen LogP contribution in [0.15, 0.2) is 18.2 Å². The van der Waals surface area contributed by atoms with Crippen molar-refractivity contribution in [2.24, 2.45) is 11.7 Å². The average Bonchev–Trinajstić information content (AvgIpc) is 3.03. The van der Waals surface area contributed by atoms with Crippen LogP contribution in [0.5, 0.6) is 0 Å². The highest BCUT2D eigenvalue weighted by atomic mass is 16.2.